The van der Waals surface area contributed by atoms with E-state index in [9.17, 15) is 53.4 Å². The Kier molecular flexibility index (Phi) is 16.6. The number of hydrogen-bond acceptors (Lipinski definition) is 10. The molecule has 0 saturated carbocycles. The van der Waals surface area contributed by atoms with E-state index in [4.69, 9.17) is 10.2 Å². The Morgan fingerprint density at radius 1 is 0.643 bits per heavy atom. The Morgan fingerprint density at radius 3 is 1.57 bits per heavy atom. The normalized spacial score (nSPS) is 14.2. The number of hydrogen-bond donors (Lipinski definition) is 9. The summed E-state index contributed by atoms with van der Waals surface area (Å²) < 4.78 is 0. The van der Waals surface area contributed by atoms with E-state index in [-0.39, 0.29) is 18.6 Å². The van der Waals surface area contributed by atoms with Crippen LogP contribution in [0, 0.1) is 5.92 Å². The first-order valence-electron chi connectivity index (χ1n) is 12.7. The third kappa shape index (κ3) is 15.2. The standard InChI is InChI=1S/C24H37N5O13/c1-11(2)6-15(25-12(3)32)22(40)28-16(8-20(37)38)23(41)27-14(4-5-18(33)34)21(39)29-17(10-31)24(42)26-13(9-30)7-19(35)36/h9,11,13-17,31H,4-8,10H2,1-3H3,(H,25,32)(H,26,42)(H,27,41)(H,28,40)(H,29,39)(H,33,34)(H,35,36)(H,37,38). The van der Waals surface area contributed by atoms with Gasteiger partial charge in [-0.1, -0.05) is 13.8 Å². The number of carboxylic acids is 3. The van der Waals surface area contributed by atoms with Crippen LogP contribution < -0.4 is 26.6 Å². The Hall–Kier alpha value is -4.61. The molecule has 42 heavy (non-hydrogen) atoms. The first-order chi connectivity index (χ1) is 19.5. The summed E-state index contributed by atoms with van der Waals surface area (Å²) in [6.45, 7) is 3.60. The topological polar surface area (TPSA) is 295 Å². The molecule has 0 heterocycles. The molecule has 5 amide bonds. The molecule has 236 valence electrons. The van der Waals surface area contributed by atoms with E-state index < -0.39 is 110 Å². The third-order valence-corrected chi connectivity index (χ3v) is 5.39. The minimum atomic E-state index is -1.78. The molecule has 18 heteroatoms. The zero-order valence-electron chi connectivity index (χ0n) is 23.2. The lowest BCUT2D eigenvalue weighted by molar-refractivity contribution is -0.142. The van der Waals surface area contributed by atoms with Crippen LogP contribution >= 0.6 is 0 Å². The maximum Gasteiger partial charge on any atom is 0.305 e. The van der Waals surface area contributed by atoms with Gasteiger partial charge in [-0.15, -0.1) is 0 Å². The predicted octanol–water partition coefficient (Wildman–Crippen LogP) is -3.52. The van der Waals surface area contributed by atoms with Gasteiger partial charge in [0.15, 0.2) is 0 Å². The highest BCUT2D eigenvalue weighted by Gasteiger charge is 2.33. The maximum atomic E-state index is 13.0. The molecule has 0 aliphatic carbocycles. The lowest BCUT2D eigenvalue weighted by Gasteiger charge is -2.26. The Balaban J connectivity index is 5.87. The van der Waals surface area contributed by atoms with Crippen LogP contribution in [0.1, 0.15) is 52.9 Å². The van der Waals surface area contributed by atoms with Crippen LogP contribution in [0.4, 0.5) is 0 Å². The smallest absolute Gasteiger partial charge is 0.305 e. The molecule has 18 nitrogen and oxygen atoms in total. The van der Waals surface area contributed by atoms with E-state index in [2.05, 4.69) is 16.0 Å². The fraction of sp³-hybridized carbons (Fsp3) is 0.625. The van der Waals surface area contributed by atoms with Crippen molar-refractivity contribution in [2.75, 3.05) is 6.61 Å². The molecule has 0 saturated heterocycles. The summed E-state index contributed by atoms with van der Waals surface area (Å²) in [6, 6.07) is -7.88. The minimum Gasteiger partial charge on any atom is -0.481 e. The Labute approximate surface area is 240 Å². The van der Waals surface area contributed by atoms with Crippen LogP contribution in [0.5, 0.6) is 0 Å². The van der Waals surface area contributed by atoms with E-state index in [1.165, 1.54) is 0 Å². The lowest BCUT2D eigenvalue weighted by atomic mass is 10.0. The molecule has 0 spiro atoms. The number of nitrogens with one attached hydrogen (secondary N) is 5. The molecular weight excluding hydrogens is 566 g/mol. The van der Waals surface area contributed by atoms with E-state index in [1.54, 1.807) is 13.8 Å². The number of carbonyl (C=O) groups excluding carboxylic acids is 6. The quantitative estimate of drug-likeness (QED) is 0.0611. The average Bonchev–Trinajstić information content (AvgIpc) is 2.86. The van der Waals surface area contributed by atoms with Crippen molar-refractivity contribution in [3.8, 4) is 0 Å². The molecule has 0 aromatic heterocycles. The van der Waals surface area contributed by atoms with Crippen molar-refractivity contribution < 1.29 is 63.6 Å². The second kappa shape index (κ2) is 18.7. The second-order valence-corrected chi connectivity index (χ2v) is 9.63. The summed E-state index contributed by atoms with van der Waals surface area (Å²) >= 11 is 0. The SMILES string of the molecule is CC(=O)NC(CC(C)C)C(=O)NC(CC(=O)O)C(=O)NC(CCC(=O)O)C(=O)NC(CO)C(=O)NC(C=O)CC(=O)O. The zero-order valence-corrected chi connectivity index (χ0v) is 23.2. The molecule has 5 unspecified atom stereocenters. The first kappa shape index (κ1) is 37.4. The summed E-state index contributed by atoms with van der Waals surface area (Å²) in [5.74, 6) is -9.47. The molecule has 0 aliphatic rings. The molecule has 0 fully saturated rings. The number of carboxylic acid groups (broad SMARTS) is 3. The number of rotatable bonds is 20. The van der Waals surface area contributed by atoms with Gasteiger partial charge in [-0.05, 0) is 18.8 Å². The number of aldehydes is 1. The highest BCUT2D eigenvalue weighted by Crippen LogP contribution is 2.07. The number of carbonyl (C=O) groups is 9. The molecule has 0 rings (SSSR count). The molecule has 9 N–H and O–H groups in total. The maximum absolute atomic E-state index is 13.0. The Bertz CT molecular complexity index is 1030. The molecule has 0 aromatic carbocycles. The average molecular weight is 604 g/mol. The van der Waals surface area contributed by atoms with Gasteiger partial charge in [0.2, 0.25) is 29.5 Å². The van der Waals surface area contributed by atoms with Crippen molar-refractivity contribution in [1.29, 1.82) is 0 Å². The van der Waals surface area contributed by atoms with Crippen LogP contribution in [0.25, 0.3) is 0 Å². The van der Waals surface area contributed by atoms with E-state index >= 15 is 0 Å². The summed E-state index contributed by atoms with van der Waals surface area (Å²) in [5, 5.41) is 47.4. The van der Waals surface area contributed by atoms with Gasteiger partial charge in [0.25, 0.3) is 0 Å². The van der Waals surface area contributed by atoms with Crippen molar-refractivity contribution in [1.82, 2.24) is 26.6 Å². The van der Waals surface area contributed by atoms with E-state index in [1.807, 2.05) is 10.6 Å². The number of aliphatic carboxylic acids is 3. The fourth-order valence-electron chi connectivity index (χ4n) is 3.48. The molecule has 0 radical (unpaired) electrons. The van der Waals surface area contributed by atoms with Crippen molar-refractivity contribution >= 4 is 53.7 Å². The van der Waals surface area contributed by atoms with Gasteiger partial charge < -0.3 is 51.8 Å². The second-order valence-electron chi connectivity index (χ2n) is 9.63. The molecule has 0 aliphatic heterocycles. The number of aliphatic hydroxyl groups excluding tert-OH is 1. The van der Waals surface area contributed by atoms with Gasteiger partial charge in [0.1, 0.15) is 30.5 Å². The minimum absolute atomic E-state index is 0.0916. The zero-order chi connectivity index (χ0) is 32.6. The largest absolute Gasteiger partial charge is 0.481 e. The van der Waals surface area contributed by atoms with Crippen LogP contribution in [0.3, 0.4) is 0 Å². The van der Waals surface area contributed by atoms with Gasteiger partial charge >= 0.3 is 17.9 Å². The van der Waals surface area contributed by atoms with Gasteiger partial charge in [0.05, 0.1) is 25.5 Å². The van der Waals surface area contributed by atoms with Crippen molar-refractivity contribution in [2.45, 2.75) is 83.1 Å². The summed E-state index contributed by atoms with van der Waals surface area (Å²) in [6.07, 6.45) is -2.76. The van der Waals surface area contributed by atoms with Gasteiger partial charge in [0, 0.05) is 13.3 Å². The predicted molar refractivity (Wildman–Crippen MR) is 139 cm³/mol. The van der Waals surface area contributed by atoms with Gasteiger partial charge in [-0.2, -0.15) is 0 Å². The number of amides is 5. The fourth-order valence-corrected chi connectivity index (χ4v) is 3.48. The number of aliphatic hydroxyl groups is 1. The van der Waals surface area contributed by atoms with E-state index in [0.717, 1.165) is 6.92 Å². The van der Waals surface area contributed by atoms with Crippen LogP contribution in [0.15, 0.2) is 0 Å². The summed E-state index contributed by atoms with van der Waals surface area (Å²) in [7, 11) is 0. The Morgan fingerprint density at radius 2 is 1.12 bits per heavy atom. The summed E-state index contributed by atoms with van der Waals surface area (Å²) in [4.78, 5) is 107. The van der Waals surface area contributed by atoms with Gasteiger partial charge in [-0.25, -0.2) is 0 Å². The summed E-state index contributed by atoms with van der Waals surface area (Å²) in [5.41, 5.74) is 0. The third-order valence-electron chi connectivity index (χ3n) is 5.39. The van der Waals surface area contributed by atoms with Crippen LogP contribution in [-0.2, 0) is 43.2 Å². The molecule has 5 atom stereocenters. The van der Waals surface area contributed by atoms with Crippen molar-refractivity contribution in [3.63, 3.8) is 0 Å². The monoisotopic (exact) mass is 603 g/mol. The lowest BCUT2D eigenvalue weighted by Crippen LogP contribution is -2.59. The van der Waals surface area contributed by atoms with Crippen LogP contribution in [0.2, 0.25) is 0 Å². The molecular formula is C24H37N5O13. The van der Waals surface area contributed by atoms with Crippen LogP contribution in [-0.4, -0.2) is 111 Å². The molecule has 0 aromatic rings. The molecule has 0 bridgehead atoms. The van der Waals surface area contributed by atoms with Crippen molar-refractivity contribution in [2.24, 2.45) is 5.92 Å². The highest BCUT2D eigenvalue weighted by molar-refractivity contribution is 5.97. The first-order valence-corrected chi connectivity index (χ1v) is 12.7. The van der Waals surface area contributed by atoms with E-state index in [0.29, 0.717) is 0 Å². The van der Waals surface area contributed by atoms with Gasteiger partial charge in [-0.3, -0.25) is 38.4 Å². The highest BCUT2D eigenvalue weighted by atomic mass is 16.4. The van der Waals surface area contributed by atoms with Crippen molar-refractivity contribution in [3.05, 3.63) is 0 Å².